The number of carboxylic acids is 1. The van der Waals surface area contributed by atoms with Crippen LogP contribution in [0.2, 0.25) is 0 Å². The minimum absolute atomic E-state index is 0.000884. The van der Waals surface area contributed by atoms with Gasteiger partial charge in [0.15, 0.2) is 0 Å². The molecule has 0 aromatic heterocycles. The fourth-order valence-corrected chi connectivity index (χ4v) is 2.48. The number of carboxylic acid groups (broad SMARTS) is 1. The molecule has 0 heterocycles. The van der Waals surface area contributed by atoms with Crippen molar-refractivity contribution in [3.8, 4) is 11.5 Å². The van der Waals surface area contributed by atoms with Crippen LogP contribution in [-0.4, -0.2) is 16.0 Å². The Bertz CT molecular complexity index is 810. The normalized spacial score (nSPS) is 12.5. The van der Waals surface area contributed by atoms with Gasteiger partial charge in [0.25, 0.3) is 5.69 Å². The molecule has 0 saturated heterocycles. The molecule has 0 aliphatic carbocycles. The number of hydrogen-bond donors (Lipinski definition) is 2. The number of nitrogens with two attached hydrogens (primary N) is 1. The molecule has 0 saturated carbocycles. The fourth-order valence-electron chi connectivity index (χ4n) is 2.48. The highest BCUT2D eigenvalue weighted by atomic mass is 16.6. The molecular formula is C19H22N2O5. The Morgan fingerprint density at radius 1 is 1.23 bits per heavy atom. The second-order valence-corrected chi connectivity index (χ2v) is 7.06. The number of hydrogen-bond acceptors (Lipinski definition) is 5. The Hall–Kier alpha value is -2.93. The molecule has 3 N–H and O–H groups in total. The second-order valence-electron chi connectivity index (χ2n) is 7.06. The highest BCUT2D eigenvalue weighted by Crippen LogP contribution is 2.34. The van der Waals surface area contributed by atoms with E-state index in [9.17, 15) is 14.9 Å². The molecule has 1 unspecified atom stereocenters. The standard InChI is InChI=1S/C19H22N2O5/c1-19(2,3)12-4-7-14(8-5-12)26-17-9-6-13(21(24)25)10-15(17)16(20)11-18(22)23/h4-10,16H,11,20H2,1-3H3,(H,22,23). The van der Waals surface area contributed by atoms with Crippen LogP contribution < -0.4 is 10.5 Å². The van der Waals surface area contributed by atoms with Crippen molar-refractivity contribution in [2.24, 2.45) is 5.73 Å². The van der Waals surface area contributed by atoms with Gasteiger partial charge in [0.2, 0.25) is 0 Å². The first-order chi connectivity index (χ1) is 12.1. The smallest absolute Gasteiger partial charge is 0.305 e. The molecule has 1 atom stereocenters. The Kier molecular flexibility index (Phi) is 5.62. The Morgan fingerprint density at radius 3 is 2.35 bits per heavy atom. The predicted octanol–water partition coefficient (Wildman–Crippen LogP) is 4.16. The summed E-state index contributed by atoms with van der Waals surface area (Å²) in [5.41, 5.74) is 7.16. The molecule has 0 fully saturated rings. The van der Waals surface area contributed by atoms with E-state index < -0.39 is 16.9 Å². The molecule has 26 heavy (non-hydrogen) atoms. The first kappa shape index (κ1) is 19.4. The van der Waals surface area contributed by atoms with Crippen molar-refractivity contribution < 1.29 is 19.6 Å². The third-order valence-electron chi connectivity index (χ3n) is 3.95. The van der Waals surface area contributed by atoms with Crippen molar-refractivity contribution in [3.63, 3.8) is 0 Å². The molecule has 0 amide bonds. The number of carbonyl (C=O) groups is 1. The summed E-state index contributed by atoms with van der Waals surface area (Å²) in [6.07, 6.45) is -0.361. The third kappa shape index (κ3) is 4.80. The maximum absolute atomic E-state index is 11.0. The van der Waals surface area contributed by atoms with Gasteiger partial charge >= 0.3 is 5.97 Å². The molecule has 2 aromatic carbocycles. The van der Waals surface area contributed by atoms with E-state index in [1.165, 1.54) is 18.2 Å². The molecular weight excluding hydrogens is 336 g/mol. The van der Waals surface area contributed by atoms with E-state index in [-0.39, 0.29) is 23.1 Å². The van der Waals surface area contributed by atoms with Gasteiger partial charge in [0.1, 0.15) is 11.5 Å². The number of aliphatic carboxylic acids is 1. The van der Waals surface area contributed by atoms with E-state index in [4.69, 9.17) is 15.6 Å². The highest BCUT2D eigenvalue weighted by molar-refractivity contribution is 5.68. The highest BCUT2D eigenvalue weighted by Gasteiger charge is 2.20. The topological polar surface area (TPSA) is 116 Å². The molecule has 0 bridgehead atoms. The van der Waals surface area contributed by atoms with Crippen LogP contribution in [0.1, 0.15) is 44.4 Å². The van der Waals surface area contributed by atoms with E-state index in [2.05, 4.69) is 20.8 Å². The van der Waals surface area contributed by atoms with E-state index >= 15 is 0 Å². The molecule has 138 valence electrons. The SMILES string of the molecule is CC(C)(C)c1ccc(Oc2ccc([N+](=O)[O-])cc2C(N)CC(=O)O)cc1. The molecule has 7 heteroatoms. The van der Waals surface area contributed by atoms with Crippen LogP contribution in [0, 0.1) is 10.1 Å². The maximum Gasteiger partial charge on any atom is 0.305 e. The lowest BCUT2D eigenvalue weighted by atomic mass is 9.87. The van der Waals surface area contributed by atoms with Crippen molar-refractivity contribution in [1.82, 2.24) is 0 Å². The van der Waals surface area contributed by atoms with E-state index in [0.717, 1.165) is 5.56 Å². The summed E-state index contributed by atoms with van der Waals surface area (Å²) in [5.74, 6) is -0.257. The lowest BCUT2D eigenvalue weighted by Crippen LogP contribution is -2.16. The predicted molar refractivity (Wildman–Crippen MR) is 97.5 cm³/mol. The van der Waals surface area contributed by atoms with Gasteiger partial charge in [0.05, 0.1) is 11.3 Å². The van der Waals surface area contributed by atoms with Crippen LogP contribution in [0.15, 0.2) is 42.5 Å². The number of rotatable bonds is 6. The lowest BCUT2D eigenvalue weighted by Gasteiger charge is -2.20. The van der Waals surface area contributed by atoms with Gasteiger partial charge in [-0.2, -0.15) is 0 Å². The van der Waals surface area contributed by atoms with Crippen LogP contribution in [0.4, 0.5) is 5.69 Å². The van der Waals surface area contributed by atoms with E-state index in [0.29, 0.717) is 11.5 Å². The van der Waals surface area contributed by atoms with Crippen LogP contribution in [0.25, 0.3) is 0 Å². The molecule has 0 aliphatic heterocycles. The van der Waals surface area contributed by atoms with Crippen molar-refractivity contribution in [1.29, 1.82) is 0 Å². The summed E-state index contributed by atoms with van der Waals surface area (Å²) in [5, 5.41) is 20.0. The maximum atomic E-state index is 11.0. The van der Waals surface area contributed by atoms with Gasteiger partial charge in [0, 0.05) is 23.7 Å². The second kappa shape index (κ2) is 7.53. The molecule has 2 rings (SSSR count). The summed E-state index contributed by atoms with van der Waals surface area (Å²) in [6, 6.07) is 10.6. The van der Waals surface area contributed by atoms with E-state index in [1.807, 2.05) is 12.1 Å². The summed E-state index contributed by atoms with van der Waals surface area (Å²) in [7, 11) is 0. The fraction of sp³-hybridized carbons (Fsp3) is 0.316. The quantitative estimate of drug-likeness (QED) is 0.592. The summed E-state index contributed by atoms with van der Waals surface area (Å²) < 4.78 is 5.82. The molecule has 0 spiro atoms. The average molecular weight is 358 g/mol. The van der Waals surface area contributed by atoms with Crippen molar-refractivity contribution >= 4 is 11.7 Å². The first-order valence-corrected chi connectivity index (χ1v) is 8.12. The van der Waals surface area contributed by atoms with Gasteiger partial charge in [-0.3, -0.25) is 14.9 Å². The zero-order valence-electron chi connectivity index (χ0n) is 14.9. The molecule has 0 radical (unpaired) electrons. The summed E-state index contributed by atoms with van der Waals surface area (Å²) in [4.78, 5) is 21.4. The lowest BCUT2D eigenvalue weighted by molar-refractivity contribution is -0.385. The number of nitro groups is 1. The van der Waals surface area contributed by atoms with Crippen LogP contribution in [-0.2, 0) is 10.2 Å². The number of nitro benzene ring substituents is 1. The van der Waals surface area contributed by atoms with Gasteiger partial charge in [-0.05, 0) is 29.2 Å². The van der Waals surface area contributed by atoms with Gasteiger partial charge in [-0.1, -0.05) is 32.9 Å². The van der Waals surface area contributed by atoms with Crippen molar-refractivity contribution in [2.45, 2.75) is 38.6 Å². The average Bonchev–Trinajstić information content (AvgIpc) is 2.54. The monoisotopic (exact) mass is 358 g/mol. The first-order valence-electron chi connectivity index (χ1n) is 8.12. The van der Waals surface area contributed by atoms with E-state index in [1.54, 1.807) is 12.1 Å². The van der Waals surface area contributed by atoms with Crippen LogP contribution >= 0.6 is 0 Å². The number of non-ortho nitro benzene ring substituents is 1. The zero-order chi connectivity index (χ0) is 19.5. The number of ether oxygens (including phenoxy) is 1. The molecule has 2 aromatic rings. The Labute approximate surface area is 151 Å². The summed E-state index contributed by atoms with van der Waals surface area (Å²) >= 11 is 0. The van der Waals surface area contributed by atoms with Gasteiger partial charge < -0.3 is 15.6 Å². The van der Waals surface area contributed by atoms with Gasteiger partial charge in [-0.25, -0.2) is 0 Å². The Balaban J connectivity index is 2.35. The Morgan fingerprint density at radius 2 is 1.85 bits per heavy atom. The molecule has 0 aliphatic rings. The van der Waals surface area contributed by atoms with Crippen molar-refractivity contribution in [2.75, 3.05) is 0 Å². The van der Waals surface area contributed by atoms with Crippen LogP contribution in [0.3, 0.4) is 0 Å². The minimum atomic E-state index is -1.09. The van der Waals surface area contributed by atoms with Gasteiger partial charge in [-0.15, -0.1) is 0 Å². The number of benzene rings is 2. The third-order valence-corrected chi connectivity index (χ3v) is 3.95. The van der Waals surface area contributed by atoms with Crippen molar-refractivity contribution in [3.05, 3.63) is 63.7 Å². The van der Waals surface area contributed by atoms with Crippen LogP contribution in [0.5, 0.6) is 11.5 Å². The molecule has 7 nitrogen and oxygen atoms in total. The number of nitrogens with zero attached hydrogens (tertiary/aromatic N) is 1. The minimum Gasteiger partial charge on any atom is -0.481 e. The zero-order valence-corrected chi connectivity index (χ0v) is 14.9. The largest absolute Gasteiger partial charge is 0.481 e. The summed E-state index contributed by atoms with van der Waals surface area (Å²) in [6.45, 7) is 6.30.